The van der Waals surface area contributed by atoms with Crippen LogP contribution in [0.1, 0.15) is 6.92 Å². The fraction of sp³-hybridized carbons (Fsp3) is 0.778. The van der Waals surface area contributed by atoms with Crippen LogP contribution in [0.4, 0.5) is 0 Å². The molecule has 0 saturated carbocycles. The van der Waals surface area contributed by atoms with Crippen LogP contribution in [0.3, 0.4) is 0 Å². The number of fused-ring (bicyclic) bond motifs is 1. The maximum absolute atomic E-state index is 11.6. The van der Waals surface area contributed by atoms with Crippen LogP contribution < -0.4 is 5.73 Å². The van der Waals surface area contributed by atoms with Crippen molar-refractivity contribution >= 4 is 23.6 Å². The standard InChI is InChI=1S/C9H14N2O4S/c1-4(12)5-6(13)11-3-9(2-10,8(14)15)16-7(5)11/h4-5,7,12H,2-3,10H2,1H3,(H,14,15)/t4?,5-,7+,9?/m0/s1. The van der Waals surface area contributed by atoms with E-state index in [1.807, 2.05) is 0 Å². The first kappa shape index (κ1) is 11.7. The lowest BCUT2D eigenvalue weighted by Crippen LogP contribution is -2.60. The number of nitrogens with two attached hydrogens (primary N) is 1. The van der Waals surface area contributed by atoms with Crippen molar-refractivity contribution in [2.24, 2.45) is 11.7 Å². The molecule has 2 fully saturated rings. The predicted octanol–water partition coefficient (Wildman–Crippen LogP) is -1.32. The predicted molar refractivity (Wildman–Crippen MR) is 57.7 cm³/mol. The summed E-state index contributed by atoms with van der Waals surface area (Å²) < 4.78 is -1.11. The lowest BCUT2D eigenvalue weighted by Gasteiger charge is -2.42. The zero-order valence-electron chi connectivity index (χ0n) is 8.79. The number of carboxylic acids is 1. The van der Waals surface area contributed by atoms with Crippen molar-refractivity contribution in [1.82, 2.24) is 4.90 Å². The van der Waals surface area contributed by atoms with Crippen LogP contribution in [0.25, 0.3) is 0 Å². The third-order valence-electron chi connectivity index (χ3n) is 3.19. The van der Waals surface area contributed by atoms with Crippen molar-refractivity contribution in [2.75, 3.05) is 13.1 Å². The Morgan fingerprint density at radius 3 is 2.88 bits per heavy atom. The first-order valence-electron chi connectivity index (χ1n) is 5.03. The highest BCUT2D eigenvalue weighted by molar-refractivity contribution is 8.02. The van der Waals surface area contributed by atoms with Gasteiger partial charge in [0.1, 0.15) is 4.75 Å². The van der Waals surface area contributed by atoms with Crippen LogP contribution in [-0.2, 0) is 9.59 Å². The maximum Gasteiger partial charge on any atom is 0.323 e. The summed E-state index contributed by atoms with van der Waals surface area (Å²) in [5.74, 6) is -1.66. The van der Waals surface area contributed by atoms with Gasteiger partial charge in [0.05, 0.1) is 17.4 Å². The molecule has 2 saturated heterocycles. The van der Waals surface area contributed by atoms with E-state index in [1.54, 1.807) is 6.92 Å². The molecule has 2 aliphatic heterocycles. The highest BCUT2D eigenvalue weighted by Gasteiger charge is 2.62. The number of aliphatic carboxylic acids is 1. The Morgan fingerprint density at radius 1 is 1.81 bits per heavy atom. The molecule has 0 aromatic carbocycles. The largest absolute Gasteiger partial charge is 0.480 e. The van der Waals surface area contributed by atoms with Gasteiger partial charge in [-0.15, -0.1) is 11.8 Å². The van der Waals surface area contributed by atoms with E-state index in [2.05, 4.69) is 0 Å². The molecule has 4 N–H and O–H groups in total. The lowest BCUT2D eigenvalue weighted by molar-refractivity contribution is -0.156. The summed E-state index contributed by atoms with van der Waals surface area (Å²) in [5, 5.41) is 18.3. The second kappa shape index (κ2) is 3.61. The van der Waals surface area contributed by atoms with Gasteiger partial charge in [-0.2, -0.15) is 0 Å². The van der Waals surface area contributed by atoms with Crippen LogP contribution in [0, 0.1) is 5.92 Å². The van der Waals surface area contributed by atoms with E-state index in [4.69, 9.17) is 10.8 Å². The molecular weight excluding hydrogens is 232 g/mol. The Balaban J connectivity index is 2.19. The normalized spacial score (nSPS) is 39.2. The quantitative estimate of drug-likeness (QED) is 0.534. The van der Waals surface area contributed by atoms with Gasteiger partial charge in [-0.1, -0.05) is 0 Å². The molecule has 2 heterocycles. The second-order valence-electron chi connectivity index (χ2n) is 4.24. The molecule has 0 radical (unpaired) electrons. The molecule has 16 heavy (non-hydrogen) atoms. The van der Waals surface area contributed by atoms with E-state index in [9.17, 15) is 14.7 Å². The topological polar surface area (TPSA) is 104 Å². The zero-order valence-corrected chi connectivity index (χ0v) is 9.61. The molecule has 7 heteroatoms. The summed E-state index contributed by atoms with van der Waals surface area (Å²) in [7, 11) is 0. The molecule has 0 aromatic rings. The summed E-state index contributed by atoms with van der Waals surface area (Å²) in [5.41, 5.74) is 5.49. The lowest BCUT2D eigenvalue weighted by atomic mass is 9.92. The van der Waals surface area contributed by atoms with Crippen LogP contribution in [0.5, 0.6) is 0 Å². The molecule has 0 spiro atoms. The van der Waals surface area contributed by atoms with E-state index in [1.165, 1.54) is 16.7 Å². The van der Waals surface area contributed by atoms with Crippen molar-refractivity contribution in [3.63, 3.8) is 0 Å². The average Bonchev–Trinajstić information content (AvgIpc) is 2.53. The van der Waals surface area contributed by atoms with E-state index in [0.29, 0.717) is 0 Å². The fourth-order valence-electron chi connectivity index (χ4n) is 2.16. The zero-order chi connectivity index (χ0) is 12.1. The monoisotopic (exact) mass is 246 g/mol. The average molecular weight is 246 g/mol. The van der Waals surface area contributed by atoms with Crippen molar-refractivity contribution in [2.45, 2.75) is 23.1 Å². The van der Waals surface area contributed by atoms with Gasteiger partial charge in [0.15, 0.2) is 0 Å². The fourth-order valence-corrected chi connectivity index (χ4v) is 3.83. The second-order valence-corrected chi connectivity index (χ2v) is 5.74. The number of hydrogen-bond acceptors (Lipinski definition) is 5. The number of amides is 1. The summed E-state index contributed by atoms with van der Waals surface area (Å²) in [6, 6.07) is 0. The smallest absolute Gasteiger partial charge is 0.323 e. The molecule has 0 aliphatic carbocycles. The molecule has 0 aromatic heterocycles. The van der Waals surface area contributed by atoms with E-state index in [0.717, 1.165) is 0 Å². The number of carbonyl (C=O) groups excluding carboxylic acids is 1. The number of thioether (sulfide) groups is 1. The van der Waals surface area contributed by atoms with Gasteiger partial charge in [0, 0.05) is 13.1 Å². The third kappa shape index (κ3) is 1.35. The number of hydrogen-bond donors (Lipinski definition) is 3. The molecule has 4 atom stereocenters. The van der Waals surface area contributed by atoms with Crippen molar-refractivity contribution < 1.29 is 19.8 Å². The number of nitrogens with zero attached hydrogens (tertiary/aromatic N) is 1. The Labute approximate surface area is 96.8 Å². The summed E-state index contributed by atoms with van der Waals surface area (Å²) >= 11 is 1.18. The molecule has 1 amide bonds. The van der Waals surface area contributed by atoms with E-state index < -0.39 is 22.7 Å². The number of aliphatic hydroxyl groups is 1. The van der Waals surface area contributed by atoms with Gasteiger partial charge in [-0.05, 0) is 6.92 Å². The van der Waals surface area contributed by atoms with Crippen LogP contribution in [0.2, 0.25) is 0 Å². The first-order valence-corrected chi connectivity index (χ1v) is 5.91. The third-order valence-corrected chi connectivity index (χ3v) is 4.90. The van der Waals surface area contributed by atoms with Gasteiger partial charge in [-0.25, -0.2) is 0 Å². The minimum Gasteiger partial charge on any atom is -0.480 e. The SMILES string of the molecule is CC(O)[C@H]1C(=O)N2CC(CN)(C(=O)O)S[C@H]12. The molecule has 2 rings (SSSR count). The van der Waals surface area contributed by atoms with Crippen LogP contribution in [-0.4, -0.2) is 56.3 Å². The van der Waals surface area contributed by atoms with Gasteiger partial charge in [-0.3, -0.25) is 9.59 Å². The molecule has 0 bridgehead atoms. The number of carboxylic acid groups (broad SMARTS) is 1. The number of β-lactam (4-membered cyclic amide) rings is 1. The molecule has 2 unspecified atom stereocenters. The number of aliphatic hydroxyl groups excluding tert-OH is 1. The minimum atomic E-state index is -1.11. The first-order chi connectivity index (χ1) is 7.43. The van der Waals surface area contributed by atoms with Crippen LogP contribution in [0.15, 0.2) is 0 Å². The van der Waals surface area contributed by atoms with Gasteiger partial charge in [0.2, 0.25) is 5.91 Å². The Kier molecular flexibility index (Phi) is 2.64. The summed E-state index contributed by atoms with van der Waals surface area (Å²) in [4.78, 5) is 24.3. The minimum absolute atomic E-state index is 0.0141. The molecular formula is C9H14N2O4S. The Morgan fingerprint density at radius 2 is 2.44 bits per heavy atom. The van der Waals surface area contributed by atoms with Crippen LogP contribution >= 0.6 is 11.8 Å². The Bertz CT molecular complexity index is 348. The number of carbonyl (C=O) groups is 2. The highest BCUT2D eigenvalue weighted by Crippen LogP contribution is 2.50. The van der Waals surface area contributed by atoms with E-state index in [-0.39, 0.29) is 24.4 Å². The highest BCUT2D eigenvalue weighted by atomic mass is 32.2. The molecule has 2 aliphatic rings. The van der Waals surface area contributed by atoms with Gasteiger partial charge in [0.25, 0.3) is 0 Å². The van der Waals surface area contributed by atoms with Crippen molar-refractivity contribution in [3.05, 3.63) is 0 Å². The number of rotatable bonds is 3. The Hall–Kier alpha value is -0.790. The van der Waals surface area contributed by atoms with Crippen molar-refractivity contribution in [3.8, 4) is 0 Å². The van der Waals surface area contributed by atoms with Gasteiger partial charge >= 0.3 is 5.97 Å². The maximum atomic E-state index is 11.6. The summed E-state index contributed by atoms with van der Waals surface area (Å²) in [6.45, 7) is 1.67. The molecule has 90 valence electrons. The van der Waals surface area contributed by atoms with Gasteiger partial charge < -0.3 is 20.8 Å². The van der Waals surface area contributed by atoms with Crippen molar-refractivity contribution in [1.29, 1.82) is 0 Å². The summed E-state index contributed by atoms with van der Waals surface area (Å²) in [6.07, 6.45) is -0.747. The molecule has 6 nitrogen and oxygen atoms in total. The van der Waals surface area contributed by atoms with E-state index >= 15 is 0 Å².